The highest BCUT2D eigenvalue weighted by molar-refractivity contribution is 6.40. The van der Waals surface area contributed by atoms with Gasteiger partial charge < -0.3 is 11.5 Å². The molecule has 0 aliphatic heterocycles. The van der Waals surface area contributed by atoms with Crippen LogP contribution in [0.5, 0.6) is 0 Å². The van der Waals surface area contributed by atoms with Crippen molar-refractivity contribution in [1.29, 1.82) is 0 Å². The molecule has 4 N–H and O–H groups in total. The molecule has 7 nitrogen and oxygen atoms in total. The van der Waals surface area contributed by atoms with Crippen molar-refractivity contribution in [3.05, 3.63) is 64.3 Å². The van der Waals surface area contributed by atoms with Crippen molar-refractivity contribution in [1.82, 2.24) is 25.2 Å². The van der Waals surface area contributed by atoms with Crippen LogP contribution in [0.25, 0.3) is 22.5 Å². The average molecular weight is 414 g/mol. The topological polar surface area (TPSA) is 109 Å². The predicted octanol–water partition coefficient (Wildman–Crippen LogP) is 3.63. The molecule has 2 aromatic heterocycles. The zero-order chi connectivity index (χ0) is 19.7. The summed E-state index contributed by atoms with van der Waals surface area (Å²) in [5.74, 6) is 0.803. The number of hydrogen-bond acceptors (Lipinski definition) is 6. The average Bonchev–Trinajstić information content (AvgIpc) is 3.20. The highest BCUT2D eigenvalue weighted by Gasteiger charge is 2.25. The second kappa shape index (κ2) is 7.71. The molecule has 0 bridgehead atoms. The Balaban J connectivity index is 1.79. The molecule has 1 aliphatic carbocycles. The summed E-state index contributed by atoms with van der Waals surface area (Å²) in [6.45, 7) is 0.460. The third kappa shape index (κ3) is 3.40. The molecule has 1 unspecified atom stereocenters. The molecular formula is C19H17Cl2N7. The third-order valence-electron chi connectivity index (χ3n) is 4.59. The van der Waals surface area contributed by atoms with E-state index in [2.05, 4.69) is 20.5 Å². The largest absolute Gasteiger partial charge is 0.383 e. The minimum Gasteiger partial charge on any atom is -0.383 e. The van der Waals surface area contributed by atoms with Crippen molar-refractivity contribution in [3.63, 3.8) is 0 Å². The van der Waals surface area contributed by atoms with Crippen LogP contribution in [-0.4, -0.2) is 25.2 Å². The van der Waals surface area contributed by atoms with Gasteiger partial charge >= 0.3 is 0 Å². The zero-order valence-electron chi connectivity index (χ0n) is 14.8. The van der Waals surface area contributed by atoms with Crippen molar-refractivity contribution in [2.75, 3.05) is 5.73 Å². The molecule has 142 valence electrons. The Morgan fingerprint density at radius 3 is 2.86 bits per heavy atom. The summed E-state index contributed by atoms with van der Waals surface area (Å²) in [6.07, 6.45) is 6.04. The standard InChI is InChI=1S/C19H17Cl2N7/c20-15-5-2-6-16(17(15)21)28-19(25-26-27-28)14-8-13(10-24-18(14)23)12-4-1-3-11(7-12)9-22/h1-5,7-8,10,16H,6,9,22H2,(H2,23,24). The maximum absolute atomic E-state index is 6.41. The van der Waals surface area contributed by atoms with Gasteiger partial charge in [-0.15, -0.1) is 5.10 Å². The summed E-state index contributed by atoms with van der Waals surface area (Å²) in [4.78, 5) is 4.34. The lowest BCUT2D eigenvalue weighted by molar-refractivity contribution is 0.518. The van der Waals surface area contributed by atoms with Gasteiger partial charge in [-0.1, -0.05) is 47.5 Å². The minimum absolute atomic E-state index is 0.298. The third-order valence-corrected chi connectivity index (χ3v) is 5.47. The minimum atomic E-state index is -0.298. The number of nitrogen functional groups attached to an aromatic ring is 1. The number of pyridine rings is 1. The molecule has 0 saturated heterocycles. The Morgan fingerprint density at radius 2 is 2.04 bits per heavy atom. The molecule has 2 heterocycles. The molecule has 4 rings (SSSR count). The molecule has 0 spiro atoms. The molecule has 9 heteroatoms. The first-order valence-corrected chi connectivity index (χ1v) is 9.39. The summed E-state index contributed by atoms with van der Waals surface area (Å²) < 4.78 is 1.63. The molecule has 1 atom stereocenters. The number of hydrogen-bond donors (Lipinski definition) is 2. The summed E-state index contributed by atoms with van der Waals surface area (Å²) in [7, 11) is 0. The SMILES string of the molecule is NCc1cccc(-c2cnc(N)c(-c3nnnn3C3CC=CC(Cl)=C3Cl)c2)c1. The van der Waals surface area contributed by atoms with Gasteiger partial charge in [0.15, 0.2) is 5.82 Å². The van der Waals surface area contributed by atoms with Crippen molar-refractivity contribution >= 4 is 29.0 Å². The van der Waals surface area contributed by atoms with Crippen LogP contribution in [0.4, 0.5) is 5.82 Å². The van der Waals surface area contributed by atoms with E-state index in [1.54, 1.807) is 17.0 Å². The van der Waals surface area contributed by atoms with Crippen molar-refractivity contribution < 1.29 is 0 Å². The van der Waals surface area contributed by atoms with E-state index in [-0.39, 0.29) is 6.04 Å². The lowest BCUT2D eigenvalue weighted by Gasteiger charge is -2.20. The van der Waals surface area contributed by atoms with Crippen LogP contribution < -0.4 is 11.5 Å². The molecule has 0 amide bonds. The van der Waals surface area contributed by atoms with Gasteiger partial charge in [0, 0.05) is 18.3 Å². The van der Waals surface area contributed by atoms with Crippen LogP contribution in [0.1, 0.15) is 18.0 Å². The summed E-state index contributed by atoms with van der Waals surface area (Å²) in [6, 6.07) is 9.56. The second-order valence-electron chi connectivity index (χ2n) is 6.36. The molecule has 3 aromatic rings. The fourth-order valence-electron chi connectivity index (χ4n) is 3.12. The Bertz CT molecular complexity index is 1090. The van der Waals surface area contributed by atoms with E-state index in [0.717, 1.165) is 16.7 Å². The number of rotatable bonds is 4. The molecule has 1 aliphatic rings. The monoisotopic (exact) mass is 413 g/mol. The van der Waals surface area contributed by atoms with E-state index in [9.17, 15) is 0 Å². The van der Waals surface area contributed by atoms with Gasteiger partial charge in [0.1, 0.15) is 5.82 Å². The van der Waals surface area contributed by atoms with Gasteiger partial charge in [0.05, 0.1) is 21.7 Å². The highest BCUT2D eigenvalue weighted by Crippen LogP contribution is 2.37. The van der Waals surface area contributed by atoms with E-state index in [0.29, 0.717) is 40.2 Å². The fourth-order valence-corrected chi connectivity index (χ4v) is 3.58. The molecule has 0 radical (unpaired) electrons. The van der Waals surface area contributed by atoms with Crippen LogP contribution >= 0.6 is 23.2 Å². The predicted molar refractivity (Wildman–Crippen MR) is 110 cm³/mol. The van der Waals surface area contributed by atoms with Gasteiger partial charge in [0.2, 0.25) is 0 Å². The Kier molecular flexibility index (Phi) is 5.13. The van der Waals surface area contributed by atoms with E-state index in [1.807, 2.05) is 36.4 Å². The first-order chi connectivity index (χ1) is 13.6. The molecule has 0 fully saturated rings. The lowest BCUT2D eigenvalue weighted by Crippen LogP contribution is -2.15. The van der Waals surface area contributed by atoms with Crippen molar-refractivity contribution in [3.8, 4) is 22.5 Å². The van der Waals surface area contributed by atoms with E-state index in [4.69, 9.17) is 34.7 Å². The quantitative estimate of drug-likeness (QED) is 0.675. The number of benzene rings is 1. The van der Waals surface area contributed by atoms with Crippen LogP contribution in [-0.2, 0) is 6.54 Å². The number of nitrogens with zero attached hydrogens (tertiary/aromatic N) is 5. The number of halogens is 2. The Morgan fingerprint density at radius 1 is 1.18 bits per heavy atom. The zero-order valence-corrected chi connectivity index (χ0v) is 16.3. The van der Waals surface area contributed by atoms with E-state index < -0.39 is 0 Å². The second-order valence-corrected chi connectivity index (χ2v) is 7.17. The first kappa shape index (κ1) is 18.6. The number of aromatic nitrogens is 5. The van der Waals surface area contributed by atoms with Gasteiger partial charge in [-0.05, 0) is 46.2 Å². The van der Waals surface area contributed by atoms with Crippen LogP contribution in [0.15, 0.2) is 58.7 Å². The molecule has 1 aromatic carbocycles. The Hall–Kier alpha value is -2.74. The van der Waals surface area contributed by atoms with Gasteiger partial charge in [-0.3, -0.25) is 0 Å². The summed E-state index contributed by atoms with van der Waals surface area (Å²) in [5.41, 5.74) is 15.4. The van der Waals surface area contributed by atoms with E-state index >= 15 is 0 Å². The summed E-state index contributed by atoms with van der Waals surface area (Å²) in [5, 5.41) is 13.1. The van der Waals surface area contributed by atoms with Crippen LogP contribution in [0, 0.1) is 0 Å². The number of tetrazole rings is 1. The van der Waals surface area contributed by atoms with Gasteiger partial charge in [-0.2, -0.15) is 0 Å². The molecule has 0 saturated carbocycles. The van der Waals surface area contributed by atoms with Crippen molar-refractivity contribution in [2.24, 2.45) is 5.73 Å². The number of nitrogens with two attached hydrogens (primary N) is 2. The molecule has 28 heavy (non-hydrogen) atoms. The number of anilines is 1. The fraction of sp³-hybridized carbons (Fsp3) is 0.158. The maximum atomic E-state index is 6.41. The number of allylic oxidation sites excluding steroid dienone is 4. The van der Waals surface area contributed by atoms with E-state index in [1.165, 1.54) is 0 Å². The Labute approximate surface area is 171 Å². The lowest BCUT2D eigenvalue weighted by atomic mass is 10.0. The maximum Gasteiger partial charge on any atom is 0.186 e. The summed E-state index contributed by atoms with van der Waals surface area (Å²) >= 11 is 12.6. The van der Waals surface area contributed by atoms with Gasteiger partial charge in [0.25, 0.3) is 0 Å². The van der Waals surface area contributed by atoms with Crippen molar-refractivity contribution in [2.45, 2.75) is 19.0 Å². The molecular weight excluding hydrogens is 397 g/mol. The normalized spacial score (nSPS) is 16.6. The van der Waals surface area contributed by atoms with Gasteiger partial charge in [-0.25, -0.2) is 9.67 Å². The first-order valence-electron chi connectivity index (χ1n) is 8.63. The van der Waals surface area contributed by atoms with Crippen LogP contribution in [0.2, 0.25) is 0 Å². The smallest absolute Gasteiger partial charge is 0.186 e. The highest BCUT2D eigenvalue weighted by atomic mass is 35.5. The van der Waals surface area contributed by atoms with Crippen LogP contribution in [0.3, 0.4) is 0 Å².